The smallest absolute Gasteiger partial charge is 0 e. The van der Waals surface area contributed by atoms with Crippen LogP contribution in [0.4, 0.5) is 0 Å². The molecule has 3 aromatic heterocycles. The van der Waals surface area contributed by atoms with Gasteiger partial charge in [-0.05, 0) is 43.2 Å². The van der Waals surface area contributed by atoms with Gasteiger partial charge in [-0.2, -0.15) is 0 Å². The molecule has 0 saturated heterocycles. The Labute approximate surface area is 331 Å². The minimum Gasteiger partial charge on any atom is 0 e. The molecule has 6 heteroatoms. The molecule has 0 saturated carbocycles. The van der Waals surface area contributed by atoms with Crippen LogP contribution in [0, 0.1) is 38.8 Å². The van der Waals surface area contributed by atoms with Crippen molar-refractivity contribution >= 4 is 50.6 Å². The van der Waals surface area contributed by atoms with Crippen LogP contribution in [0.1, 0.15) is 43.0 Å². The molecule has 0 aliphatic rings. The van der Waals surface area contributed by atoms with E-state index in [-0.39, 0.29) is 31.6 Å². The predicted molar refractivity (Wildman–Crippen MR) is 217 cm³/mol. The summed E-state index contributed by atoms with van der Waals surface area (Å²) in [6.45, 7) is 5.90. The van der Waals surface area contributed by atoms with Crippen molar-refractivity contribution in [3.8, 4) is 28.3 Å². The number of rotatable bonds is 6. The van der Waals surface area contributed by atoms with Crippen LogP contribution < -0.4 is 4.40 Å². The minimum absolute atomic E-state index is 0. The molecule has 0 fully saturated rings. The van der Waals surface area contributed by atoms with Crippen LogP contribution in [-0.2, 0) is 26.5 Å². The van der Waals surface area contributed by atoms with Gasteiger partial charge in [0.05, 0.1) is 22.4 Å². The molecule has 52 heavy (non-hydrogen) atoms. The van der Waals surface area contributed by atoms with Crippen LogP contribution >= 0.6 is 0 Å². The van der Waals surface area contributed by atoms with Gasteiger partial charge < -0.3 is 8.98 Å². The van der Waals surface area contributed by atoms with Crippen molar-refractivity contribution in [1.82, 2.24) is 14.5 Å². The number of fused-ring (bicyclic) bond motifs is 4. The van der Waals surface area contributed by atoms with Gasteiger partial charge in [0.1, 0.15) is 5.58 Å². The molecule has 0 spiro atoms. The van der Waals surface area contributed by atoms with E-state index in [1.165, 1.54) is 17.2 Å². The second kappa shape index (κ2) is 15.4. The Hall–Kier alpha value is -4.29. The Balaban J connectivity index is 0.000000192. The molecule has 0 aliphatic carbocycles. The summed E-state index contributed by atoms with van der Waals surface area (Å²) in [4.78, 5) is 9.58. The third-order valence-electron chi connectivity index (χ3n) is 9.03. The summed E-state index contributed by atoms with van der Waals surface area (Å²) < 4.78 is 49.2. The van der Waals surface area contributed by atoms with Gasteiger partial charge in [-0.3, -0.25) is 4.98 Å². The molecule has 0 unspecified atom stereocenters. The fraction of sp³-hybridized carbons (Fsp3) is 0.217. The van der Waals surface area contributed by atoms with Crippen molar-refractivity contribution in [2.24, 2.45) is 5.92 Å². The third kappa shape index (κ3) is 7.46. The molecule has 3 heterocycles. The Morgan fingerprint density at radius 1 is 0.885 bits per heavy atom. The summed E-state index contributed by atoms with van der Waals surface area (Å²) in [5, 5.41) is 2.19. The van der Waals surface area contributed by atoms with Crippen molar-refractivity contribution in [2.45, 2.75) is 58.2 Å². The number of aromatic nitrogens is 3. The largest absolute Gasteiger partial charge is 0 e. The zero-order valence-electron chi connectivity index (χ0n) is 35.6. The summed E-state index contributed by atoms with van der Waals surface area (Å²) in [6, 6.07) is 39.8. The maximum atomic E-state index is 8.60. The average molecular weight is 926 g/mol. The van der Waals surface area contributed by atoms with Crippen LogP contribution in [0.2, 0.25) is 17.3 Å². The zero-order chi connectivity index (χ0) is 40.2. The van der Waals surface area contributed by atoms with Gasteiger partial charge in [0, 0.05) is 31.2 Å². The van der Waals surface area contributed by atoms with Gasteiger partial charge in [-0.25, -0.2) is 0 Å². The van der Waals surface area contributed by atoms with Gasteiger partial charge >= 0.3 is 139 Å². The second-order valence-electron chi connectivity index (χ2n) is 14.3. The summed E-state index contributed by atoms with van der Waals surface area (Å²) >= 11 is -2.32. The van der Waals surface area contributed by atoms with E-state index in [4.69, 9.17) is 16.3 Å². The van der Waals surface area contributed by atoms with Crippen LogP contribution in [-0.4, -0.2) is 27.8 Å². The molecule has 0 aliphatic heterocycles. The molecule has 4 nitrogen and oxygen atoms in total. The molecule has 0 bridgehead atoms. The third-order valence-corrected chi connectivity index (χ3v) is 13.3. The molecule has 8 rings (SSSR count). The van der Waals surface area contributed by atoms with E-state index in [9.17, 15) is 0 Å². The SMILES string of the molecule is Cc1cccc(C)c1-n1c(-c2[c-]ccc3c2oc2ccccc23)nc2ccccc21.[2H]C([2H])([2H])c1c[c-]c(-c2cc(C([2H])([2H])C(C)C)[c]([Ge]([CH3])([CH3])[CH3])cn2)cc1.[Ir]. The number of furan rings is 1. The van der Waals surface area contributed by atoms with E-state index >= 15 is 0 Å². The average Bonchev–Trinajstić information content (AvgIpc) is 3.73. The molecule has 0 atom stereocenters. The fourth-order valence-electron chi connectivity index (χ4n) is 6.65. The first-order valence-corrected chi connectivity index (χ1v) is 24.7. The topological polar surface area (TPSA) is 43.9 Å². The van der Waals surface area contributed by atoms with Crippen molar-refractivity contribution in [3.63, 3.8) is 0 Å². The molecule has 1 radical (unpaired) electrons. The maximum absolute atomic E-state index is 8.60. The molecule has 8 aromatic rings. The number of hydrogen-bond donors (Lipinski definition) is 0. The van der Waals surface area contributed by atoms with Crippen LogP contribution in [0.3, 0.4) is 0 Å². The van der Waals surface area contributed by atoms with E-state index in [0.29, 0.717) is 16.8 Å². The van der Waals surface area contributed by atoms with Crippen molar-refractivity contribution in [2.75, 3.05) is 0 Å². The molecule has 265 valence electrons. The van der Waals surface area contributed by atoms with Crippen molar-refractivity contribution in [3.05, 3.63) is 144 Å². The fourth-order valence-corrected chi connectivity index (χ4v) is 9.60. The number of nitrogens with zero attached hydrogens (tertiary/aromatic N) is 3. The molecular weight excluding hydrogens is 875 g/mol. The van der Waals surface area contributed by atoms with E-state index in [2.05, 4.69) is 101 Å². The summed E-state index contributed by atoms with van der Waals surface area (Å²) in [6.07, 6.45) is 0.362. The number of aryl methyl sites for hydroxylation is 3. The monoisotopic (exact) mass is 927 g/mol. The molecule has 5 aromatic carbocycles. The summed E-state index contributed by atoms with van der Waals surface area (Å²) in [7, 11) is 0. The van der Waals surface area contributed by atoms with Crippen LogP contribution in [0.15, 0.2) is 114 Å². The Kier molecular flexibility index (Phi) is 9.23. The molecule has 0 amide bonds. The van der Waals surface area contributed by atoms with E-state index in [0.717, 1.165) is 54.4 Å². The number of pyridine rings is 1. The van der Waals surface area contributed by atoms with Crippen molar-refractivity contribution < 1.29 is 31.4 Å². The van der Waals surface area contributed by atoms with Gasteiger partial charge in [0.15, 0.2) is 0 Å². The Morgan fingerprint density at radius 2 is 1.63 bits per heavy atom. The molecular formula is C46H45GeIrN3O-2. The zero-order valence-corrected chi connectivity index (χ0v) is 35.0. The predicted octanol–water partition coefficient (Wildman–Crippen LogP) is 11.6. The summed E-state index contributed by atoms with van der Waals surface area (Å²) in [5.41, 5.74) is 10.4. The van der Waals surface area contributed by atoms with Gasteiger partial charge in [-0.15, -0.1) is 18.2 Å². The van der Waals surface area contributed by atoms with E-state index in [1.807, 2.05) is 56.4 Å². The first-order chi connectivity index (χ1) is 26.5. The number of benzene rings is 5. The normalized spacial score (nSPS) is 13.5. The van der Waals surface area contributed by atoms with Gasteiger partial charge in [-0.1, -0.05) is 59.5 Å². The quantitative estimate of drug-likeness (QED) is 0.123. The first-order valence-electron chi connectivity index (χ1n) is 19.9. The van der Waals surface area contributed by atoms with Crippen LogP contribution in [0.5, 0.6) is 0 Å². The summed E-state index contributed by atoms with van der Waals surface area (Å²) in [5.74, 6) is 7.37. The van der Waals surface area contributed by atoms with E-state index in [1.54, 1.807) is 12.1 Å². The Bertz CT molecular complexity index is 2690. The van der Waals surface area contributed by atoms with Gasteiger partial charge in [0.2, 0.25) is 0 Å². The standard InChI is InChI=1S/C27H19N2O.C19H26GeN.Ir/c1-17-9-7-10-18(2)25(17)29-23-15-5-4-14-22(23)28-27(29)21-13-8-12-20-19-11-3-6-16-24(19)30-26(20)21;1-14(2)11-17-12-19(16-9-7-15(3)8-10-16)21-13-18(17)20(4,5)6;/h3-12,14-16H,1-2H3;7-9,12-14H,11H2,1-6H3;/q2*-1;/i;3D3,11D2;. The first kappa shape index (κ1) is 31.3. The molecule has 0 N–H and O–H groups in total. The van der Waals surface area contributed by atoms with Crippen molar-refractivity contribution in [1.29, 1.82) is 0 Å². The minimum atomic E-state index is -2.32. The number of imidazole rings is 1. The second-order valence-corrected chi connectivity index (χ2v) is 24.9. The maximum Gasteiger partial charge on any atom is 0 e. The van der Waals surface area contributed by atoms with Crippen LogP contribution in [0.25, 0.3) is 61.3 Å². The Morgan fingerprint density at radius 3 is 2.35 bits per heavy atom. The van der Waals surface area contributed by atoms with Gasteiger partial charge in [0.25, 0.3) is 0 Å². The number of para-hydroxylation sites is 4. The number of hydrogen-bond acceptors (Lipinski definition) is 3. The van der Waals surface area contributed by atoms with E-state index < -0.39 is 26.5 Å².